The fourth-order valence-corrected chi connectivity index (χ4v) is 4.59. The van der Waals surface area contributed by atoms with Gasteiger partial charge in [0.15, 0.2) is 5.75 Å². The van der Waals surface area contributed by atoms with Crippen LogP contribution < -0.4 is 9.47 Å². The minimum absolute atomic E-state index is 0.0415. The summed E-state index contributed by atoms with van der Waals surface area (Å²) >= 11 is 0. The van der Waals surface area contributed by atoms with E-state index in [4.69, 9.17) is 14.0 Å². The number of aromatic nitrogens is 1. The van der Waals surface area contributed by atoms with Gasteiger partial charge in [-0.15, -0.1) is 0 Å². The molecule has 0 unspecified atom stereocenters. The van der Waals surface area contributed by atoms with Crippen molar-refractivity contribution in [3.8, 4) is 11.5 Å². The minimum atomic E-state index is 0.0415. The third-order valence-electron chi connectivity index (χ3n) is 6.57. The number of hydrogen-bond donors (Lipinski definition) is 0. The largest absolute Gasteiger partial charge is 0.493 e. The zero-order chi connectivity index (χ0) is 23.4. The van der Waals surface area contributed by atoms with E-state index in [-0.39, 0.29) is 5.91 Å². The van der Waals surface area contributed by atoms with Crippen molar-refractivity contribution in [1.82, 2.24) is 15.0 Å². The smallest absolute Gasteiger partial charge is 0.253 e. The van der Waals surface area contributed by atoms with Crippen LogP contribution in [0, 0.1) is 5.92 Å². The molecule has 1 aliphatic heterocycles. The first-order chi connectivity index (χ1) is 16.0. The highest BCUT2D eigenvalue weighted by Crippen LogP contribution is 2.37. The van der Waals surface area contributed by atoms with Crippen LogP contribution in [0.1, 0.15) is 40.9 Å². The first-order valence-corrected chi connectivity index (χ1v) is 11.5. The van der Waals surface area contributed by atoms with Gasteiger partial charge >= 0.3 is 0 Å². The monoisotopic (exact) mass is 451 g/mol. The summed E-state index contributed by atoms with van der Waals surface area (Å²) in [5, 5.41) is 5.32. The highest BCUT2D eigenvalue weighted by atomic mass is 16.5. The summed E-state index contributed by atoms with van der Waals surface area (Å²) < 4.78 is 16.4. The second-order valence-corrected chi connectivity index (χ2v) is 8.96. The van der Waals surface area contributed by atoms with Crippen LogP contribution in [-0.2, 0) is 13.0 Å². The standard InChI is InChI=1S/C26H33N3O4/c1-28(2)26(30)20-8-5-19(6-9-20)17-29-15-13-18(14-16-29)7-11-22-21-10-12-23(31-3)25(32-4)24(21)33-27-22/h5-6,8-10,12,18H,7,11,13-17H2,1-4H3. The summed E-state index contributed by atoms with van der Waals surface area (Å²) in [6, 6.07) is 11.9. The number of carbonyl (C=O) groups is 1. The molecule has 0 saturated carbocycles. The maximum absolute atomic E-state index is 12.1. The van der Waals surface area contributed by atoms with Crippen molar-refractivity contribution >= 4 is 16.9 Å². The quantitative estimate of drug-likeness (QED) is 0.506. The molecule has 1 fully saturated rings. The zero-order valence-corrected chi connectivity index (χ0v) is 20.0. The molecule has 4 rings (SSSR count). The second-order valence-electron chi connectivity index (χ2n) is 8.96. The lowest BCUT2D eigenvalue weighted by atomic mass is 9.91. The SMILES string of the molecule is COc1ccc2c(CCC3CCN(Cc4ccc(C(=O)N(C)C)cc4)CC3)noc2c1OC. The Kier molecular flexibility index (Phi) is 7.18. The van der Waals surface area contributed by atoms with E-state index < -0.39 is 0 Å². The van der Waals surface area contributed by atoms with Gasteiger partial charge in [-0.3, -0.25) is 9.69 Å². The predicted octanol–water partition coefficient (Wildman–Crippen LogP) is 4.39. The summed E-state index contributed by atoms with van der Waals surface area (Å²) in [7, 11) is 6.79. The van der Waals surface area contributed by atoms with Crippen LogP contribution in [0.15, 0.2) is 40.9 Å². The van der Waals surface area contributed by atoms with Crippen molar-refractivity contribution in [3.05, 3.63) is 53.2 Å². The van der Waals surface area contributed by atoms with E-state index in [0.717, 1.165) is 49.1 Å². The molecule has 1 amide bonds. The molecular formula is C26H33N3O4. The molecule has 33 heavy (non-hydrogen) atoms. The molecule has 7 heteroatoms. The second kappa shape index (κ2) is 10.3. The maximum Gasteiger partial charge on any atom is 0.253 e. The molecule has 176 valence electrons. The van der Waals surface area contributed by atoms with Gasteiger partial charge in [0.1, 0.15) is 0 Å². The zero-order valence-electron chi connectivity index (χ0n) is 20.0. The van der Waals surface area contributed by atoms with E-state index in [0.29, 0.717) is 23.0 Å². The number of ether oxygens (including phenoxy) is 2. The number of rotatable bonds is 8. The summed E-state index contributed by atoms with van der Waals surface area (Å²) in [4.78, 5) is 16.2. The van der Waals surface area contributed by atoms with E-state index >= 15 is 0 Å². The Bertz CT molecular complexity index is 1080. The van der Waals surface area contributed by atoms with Gasteiger partial charge in [-0.25, -0.2) is 0 Å². The minimum Gasteiger partial charge on any atom is -0.493 e. The molecule has 0 bridgehead atoms. The number of methoxy groups -OCH3 is 2. The van der Waals surface area contributed by atoms with Gasteiger partial charge < -0.3 is 18.9 Å². The molecule has 2 heterocycles. The number of amides is 1. The number of fused-ring (bicyclic) bond motifs is 1. The van der Waals surface area contributed by atoms with Gasteiger partial charge in [-0.1, -0.05) is 17.3 Å². The van der Waals surface area contributed by atoms with Crippen LogP contribution in [-0.4, -0.2) is 62.3 Å². The molecule has 2 aromatic carbocycles. The molecule has 0 spiro atoms. The molecular weight excluding hydrogens is 418 g/mol. The molecule has 1 aromatic heterocycles. The number of aryl methyl sites for hydroxylation is 1. The first kappa shape index (κ1) is 23.1. The molecule has 0 aliphatic carbocycles. The molecule has 1 aliphatic rings. The van der Waals surface area contributed by atoms with Gasteiger partial charge in [0.25, 0.3) is 5.91 Å². The van der Waals surface area contributed by atoms with Crippen molar-refractivity contribution in [2.24, 2.45) is 5.92 Å². The Hall–Kier alpha value is -3.06. The van der Waals surface area contributed by atoms with Gasteiger partial charge in [0.05, 0.1) is 19.9 Å². The van der Waals surface area contributed by atoms with Gasteiger partial charge in [0, 0.05) is 31.6 Å². The average Bonchev–Trinajstić information content (AvgIpc) is 3.26. The molecule has 0 N–H and O–H groups in total. The first-order valence-electron chi connectivity index (χ1n) is 11.5. The van der Waals surface area contributed by atoms with Crippen LogP contribution in [0.25, 0.3) is 11.0 Å². The number of piperidine rings is 1. The van der Waals surface area contributed by atoms with Gasteiger partial charge in [-0.05, 0) is 74.5 Å². The van der Waals surface area contributed by atoms with Crippen molar-refractivity contribution in [2.75, 3.05) is 41.4 Å². The summed E-state index contributed by atoms with van der Waals surface area (Å²) in [5.41, 5.74) is 3.63. The van der Waals surface area contributed by atoms with Crippen molar-refractivity contribution in [2.45, 2.75) is 32.2 Å². The molecule has 1 saturated heterocycles. The Morgan fingerprint density at radius 2 is 1.82 bits per heavy atom. The van der Waals surface area contributed by atoms with Crippen LogP contribution in [0.4, 0.5) is 0 Å². The molecule has 3 aromatic rings. The van der Waals surface area contributed by atoms with E-state index in [1.807, 2.05) is 24.3 Å². The Balaban J connectivity index is 1.28. The number of nitrogens with zero attached hydrogens (tertiary/aromatic N) is 3. The van der Waals surface area contributed by atoms with E-state index in [1.165, 1.54) is 18.4 Å². The van der Waals surface area contributed by atoms with Crippen LogP contribution in [0.2, 0.25) is 0 Å². The lowest BCUT2D eigenvalue weighted by molar-refractivity contribution is 0.0827. The number of benzene rings is 2. The number of carbonyl (C=O) groups excluding carboxylic acids is 1. The van der Waals surface area contributed by atoms with Crippen molar-refractivity contribution < 1.29 is 18.8 Å². The topological polar surface area (TPSA) is 68.0 Å². The van der Waals surface area contributed by atoms with Crippen LogP contribution in [0.5, 0.6) is 11.5 Å². The predicted molar refractivity (Wildman–Crippen MR) is 128 cm³/mol. The highest BCUT2D eigenvalue weighted by Gasteiger charge is 2.22. The highest BCUT2D eigenvalue weighted by molar-refractivity contribution is 5.93. The number of hydrogen-bond acceptors (Lipinski definition) is 6. The van der Waals surface area contributed by atoms with E-state index in [9.17, 15) is 4.79 Å². The van der Waals surface area contributed by atoms with Crippen LogP contribution in [0.3, 0.4) is 0 Å². The fourth-order valence-electron chi connectivity index (χ4n) is 4.59. The average molecular weight is 452 g/mol. The molecule has 0 radical (unpaired) electrons. The third kappa shape index (κ3) is 5.14. The maximum atomic E-state index is 12.1. The summed E-state index contributed by atoms with van der Waals surface area (Å²) in [6.07, 6.45) is 4.37. The van der Waals surface area contributed by atoms with Crippen molar-refractivity contribution in [1.29, 1.82) is 0 Å². The lowest BCUT2D eigenvalue weighted by Crippen LogP contribution is -2.33. The fraction of sp³-hybridized carbons (Fsp3) is 0.462. The molecule has 7 nitrogen and oxygen atoms in total. The molecule has 0 atom stereocenters. The Morgan fingerprint density at radius 3 is 2.45 bits per heavy atom. The number of likely N-dealkylation sites (tertiary alicyclic amines) is 1. The van der Waals surface area contributed by atoms with E-state index in [1.54, 1.807) is 33.2 Å². The van der Waals surface area contributed by atoms with Gasteiger partial charge in [-0.2, -0.15) is 0 Å². The normalized spacial score (nSPS) is 15.0. The van der Waals surface area contributed by atoms with E-state index in [2.05, 4.69) is 22.2 Å². The summed E-state index contributed by atoms with van der Waals surface area (Å²) in [5.74, 6) is 1.98. The van der Waals surface area contributed by atoms with Gasteiger partial charge in [0.2, 0.25) is 11.3 Å². The summed E-state index contributed by atoms with van der Waals surface area (Å²) in [6.45, 7) is 3.11. The Morgan fingerprint density at radius 1 is 1.09 bits per heavy atom. The van der Waals surface area contributed by atoms with Crippen LogP contribution >= 0.6 is 0 Å². The van der Waals surface area contributed by atoms with Crippen molar-refractivity contribution in [3.63, 3.8) is 0 Å². The lowest BCUT2D eigenvalue weighted by Gasteiger charge is -2.32. The third-order valence-corrected chi connectivity index (χ3v) is 6.57. The Labute approximate surface area is 195 Å².